The van der Waals surface area contributed by atoms with Crippen molar-refractivity contribution < 1.29 is 4.79 Å². The van der Waals surface area contributed by atoms with Crippen molar-refractivity contribution in [2.24, 2.45) is 0 Å². The third-order valence-electron chi connectivity index (χ3n) is 5.28. The molecule has 0 unspecified atom stereocenters. The number of aromatic nitrogens is 1. The molecule has 3 aromatic rings. The first kappa shape index (κ1) is 17.7. The van der Waals surface area contributed by atoms with E-state index in [2.05, 4.69) is 34.0 Å². The molecule has 1 fully saturated rings. The van der Waals surface area contributed by atoms with Gasteiger partial charge in [-0.05, 0) is 47.8 Å². The monoisotopic (exact) mass is 359 g/mol. The SMILES string of the molecule is CN1CCN(Cc2ccccc2C(=O)C=Cc2ccc3[nH]ccc3c2)CC1. The number of piperazine rings is 1. The van der Waals surface area contributed by atoms with Crippen LogP contribution in [0.2, 0.25) is 0 Å². The number of allylic oxidation sites excluding steroid dienone is 1. The standard InChI is InChI=1S/C23H25N3O/c1-25-12-14-26(15-13-25)17-20-4-2-3-5-21(20)23(27)9-7-18-6-8-22-19(16-18)10-11-24-22/h2-11,16,24H,12-15,17H2,1H3. The van der Waals surface area contributed by atoms with Crippen molar-refractivity contribution in [3.8, 4) is 0 Å². The predicted molar refractivity (Wildman–Crippen MR) is 111 cm³/mol. The largest absolute Gasteiger partial charge is 0.361 e. The molecule has 0 bridgehead atoms. The minimum atomic E-state index is 0.0638. The van der Waals surface area contributed by atoms with Crippen molar-refractivity contribution in [2.45, 2.75) is 6.54 Å². The van der Waals surface area contributed by atoms with E-state index in [0.29, 0.717) is 0 Å². The summed E-state index contributed by atoms with van der Waals surface area (Å²) < 4.78 is 0. The molecule has 0 amide bonds. The van der Waals surface area contributed by atoms with Gasteiger partial charge in [0.15, 0.2) is 5.78 Å². The molecule has 2 aromatic carbocycles. The van der Waals surface area contributed by atoms with E-state index in [4.69, 9.17) is 0 Å². The Labute approximate surface area is 160 Å². The number of carbonyl (C=O) groups is 1. The number of hydrogen-bond donors (Lipinski definition) is 1. The van der Waals surface area contributed by atoms with Gasteiger partial charge in [0.05, 0.1) is 0 Å². The highest BCUT2D eigenvalue weighted by molar-refractivity contribution is 6.07. The van der Waals surface area contributed by atoms with Crippen molar-refractivity contribution >= 4 is 22.8 Å². The topological polar surface area (TPSA) is 39.3 Å². The Kier molecular flexibility index (Phi) is 5.19. The van der Waals surface area contributed by atoms with Crippen molar-refractivity contribution in [3.05, 3.63) is 77.5 Å². The number of benzene rings is 2. The molecule has 0 radical (unpaired) electrons. The number of likely N-dealkylation sites (N-methyl/N-ethyl adjacent to an activating group) is 1. The van der Waals surface area contributed by atoms with Crippen LogP contribution in [-0.4, -0.2) is 53.8 Å². The van der Waals surface area contributed by atoms with Crippen LogP contribution in [0.1, 0.15) is 21.5 Å². The van der Waals surface area contributed by atoms with Gasteiger partial charge in [-0.15, -0.1) is 0 Å². The normalized spacial score (nSPS) is 16.3. The summed E-state index contributed by atoms with van der Waals surface area (Å²) in [4.78, 5) is 20.8. The summed E-state index contributed by atoms with van der Waals surface area (Å²) in [5.74, 6) is 0.0638. The molecule has 1 aromatic heterocycles. The number of nitrogens with zero attached hydrogens (tertiary/aromatic N) is 2. The molecule has 1 N–H and O–H groups in total. The van der Waals surface area contributed by atoms with Crippen molar-refractivity contribution in [2.75, 3.05) is 33.2 Å². The van der Waals surface area contributed by atoms with Gasteiger partial charge < -0.3 is 9.88 Å². The van der Waals surface area contributed by atoms with Gasteiger partial charge in [0.1, 0.15) is 0 Å². The Morgan fingerprint density at radius 2 is 1.89 bits per heavy atom. The summed E-state index contributed by atoms with van der Waals surface area (Å²) in [7, 11) is 2.16. The smallest absolute Gasteiger partial charge is 0.186 e. The number of carbonyl (C=O) groups excluding carboxylic acids is 1. The number of fused-ring (bicyclic) bond motifs is 1. The van der Waals surface area contributed by atoms with Gasteiger partial charge in [-0.1, -0.05) is 36.4 Å². The van der Waals surface area contributed by atoms with Gasteiger partial charge in [-0.3, -0.25) is 9.69 Å². The van der Waals surface area contributed by atoms with Gasteiger partial charge in [0.2, 0.25) is 0 Å². The molecule has 138 valence electrons. The van der Waals surface area contributed by atoms with E-state index in [-0.39, 0.29) is 5.78 Å². The van der Waals surface area contributed by atoms with Crippen molar-refractivity contribution in [3.63, 3.8) is 0 Å². The molecular weight excluding hydrogens is 334 g/mol. The van der Waals surface area contributed by atoms with Gasteiger partial charge in [0, 0.05) is 50.0 Å². The van der Waals surface area contributed by atoms with Crippen LogP contribution in [0.25, 0.3) is 17.0 Å². The lowest BCUT2D eigenvalue weighted by Gasteiger charge is -2.32. The average Bonchev–Trinajstić information content (AvgIpc) is 3.16. The first-order chi connectivity index (χ1) is 13.2. The Morgan fingerprint density at radius 3 is 2.74 bits per heavy atom. The number of H-pyrrole nitrogens is 1. The summed E-state index contributed by atoms with van der Waals surface area (Å²) in [5.41, 5.74) is 4.05. The average molecular weight is 359 g/mol. The van der Waals surface area contributed by atoms with Crippen LogP contribution in [0.3, 0.4) is 0 Å². The second-order valence-electron chi connectivity index (χ2n) is 7.26. The molecule has 0 spiro atoms. The molecule has 1 aliphatic heterocycles. The zero-order valence-electron chi connectivity index (χ0n) is 15.7. The van der Waals surface area contributed by atoms with Gasteiger partial charge >= 0.3 is 0 Å². The van der Waals surface area contributed by atoms with Crippen LogP contribution in [0, 0.1) is 0 Å². The number of ketones is 1. The van der Waals surface area contributed by atoms with Crippen LogP contribution in [0.4, 0.5) is 0 Å². The highest BCUT2D eigenvalue weighted by atomic mass is 16.1. The van der Waals surface area contributed by atoms with Crippen LogP contribution < -0.4 is 0 Å². The van der Waals surface area contributed by atoms with Crippen molar-refractivity contribution in [1.82, 2.24) is 14.8 Å². The van der Waals surface area contributed by atoms with E-state index in [1.807, 2.05) is 48.7 Å². The number of hydrogen-bond acceptors (Lipinski definition) is 3. The molecule has 1 aliphatic rings. The Hall–Kier alpha value is -2.69. The molecule has 0 saturated carbocycles. The molecule has 1 saturated heterocycles. The Morgan fingerprint density at radius 1 is 1.07 bits per heavy atom. The van der Waals surface area contributed by atoms with E-state index in [0.717, 1.165) is 60.3 Å². The van der Waals surface area contributed by atoms with Crippen LogP contribution >= 0.6 is 0 Å². The predicted octanol–water partition coefficient (Wildman–Crippen LogP) is 3.81. The Balaban J connectivity index is 1.49. The second-order valence-corrected chi connectivity index (χ2v) is 7.26. The summed E-state index contributed by atoms with van der Waals surface area (Å²) in [6.45, 7) is 5.09. The minimum absolute atomic E-state index is 0.0638. The fourth-order valence-electron chi connectivity index (χ4n) is 3.58. The molecule has 0 atom stereocenters. The quantitative estimate of drug-likeness (QED) is 0.556. The van der Waals surface area contributed by atoms with E-state index in [1.165, 1.54) is 0 Å². The molecule has 0 aliphatic carbocycles. The number of nitrogens with one attached hydrogen (secondary N) is 1. The summed E-state index contributed by atoms with van der Waals surface area (Å²) >= 11 is 0. The van der Waals surface area contributed by atoms with E-state index < -0.39 is 0 Å². The first-order valence-corrected chi connectivity index (χ1v) is 9.47. The summed E-state index contributed by atoms with van der Waals surface area (Å²) in [6, 6.07) is 16.2. The highest BCUT2D eigenvalue weighted by Gasteiger charge is 2.16. The van der Waals surface area contributed by atoms with Gasteiger partial charge in [-0.2, -0.15) is 0 Å². The summed E-state index contributed by atoms with van der Waals surface area (Å²) in [5, 5.41) is 1.15. The van der Waals surface area contributed by atoms with E-state index in [1.54, 1.807) is 6.08 Å². The van der Waals surface area contributed by atoms with E-state index in [9.17, 15) is 4.79 Å². The zero-order valence-corrected chi connectivity index (χ0v) is 15.7. The molecule has 27 heavy (non-hydrogen) atoms. The van der Waals surface area contributed by atoms with E-state index >= 15 is 0 Å². The zero-order chi connectivity index (χ0) is 18.6. The fraction of sp³-hybridized carbons (Fsp3) is 0.261. The maximum absolute atomic E-state index is 12.8. The number of aromatic amines is 1. The molecule has 2 heterocycles. The maximum Gasteiger partial charge on any atom is 0.186 e. The lowest BCUT2D eigenvalue weighted by atomic mass is 10.0. The lowest BCUT2D eigenvalue weighted by molar-refractivity contribution is 0.104. The molecule has 4 rings (SSSR count). The minimum Gasteiger partial charge on any atom is -0.361 e. The Bertz CT molecular complexity index is 964. The molecular formula is C23H25N3O. The highest BCUT2D eigenvalue weighted by Crippen LogP contribution is 2.17. The van der Waals surface area contributed by atoms with Gasteiger partial charge in [-0.25, -0.2) is 0 Å². The van der Waals surface area contributed by atoms with Crippen molar-refractivity contribution in [1.29, 1.82) is 0 Å². The summed E-state index contributed by atoms with van der Waals surface area (Å²) in [6.07, 6.45) is 5.52. The van der Waals surface area contributed by atoms with Crippen LogP contribution in [0.5, 0.6) is 0 Å². The van der Waals surface area contributed by atoms with Crippen LogP contribution in [-0.2, 0) is 6.54 Å². The molecule has 4 heteroatoms. The first-order valence-electron chi connectivity index (χ1n) is 9.47. The molecule has 4 nitrogen and oxygen atoms in total. The van der Waals surface area contributed by atoms with Gasteiger partial charge in [0.25, 0.3) is 0 Å². The lowest BCUT2D eigenvalue weighted by Crippen LogP contribution is -2.44. The maximum atomic E-state index is 12.8. The fourth-order valence-corrected chi connectivity index (χ4v) is 3.58. The second kappa shape index (κ2) is 7.91. The third-order valence-corrected chi connectivity index (χ3v) is 5.28. The van der Waals surface area contributed by atoms with Crippen LogP contribution in [0.15, 0.2) is 60.8 Å². The third kappa shape index (κ3) is 4.18. The number of rotatable bonds is 5.